The number of benzene rings is 2. The van der Waals surface area contributed by atoms with Crippen molar-refractivity contribution in [2.75, 3.05) is 27.2 Å². The van der Waals surface area contributed by atoms with Crippen LogP contribution in [0.1, 0.15) is 24.8 Å². The van der Waals surface area contributed by atoms with Gasteiger partial charge in [0, 0.05) is 40.2 Å². The number of hydrogen-bond acceptors (Lipinski definition) is 2. The lowest BCUT2D eigenvalue weighted by Crippen LogP contribution is -2.45. The number of carbonyl (C=O) groups excluding carboxylic acids is 1. The van der Waals surface area contributed by atoms with Crippen molar-refractivity contribution in [3.05, 3.63) is 48.0 Å². The minimum absolute atomic E-state index is 0.141. The molecule has 0 spiro atoms. The Morgan fingerprint density at radius 2 is 1.88 bits per heavy atom. The van der Waals surface area contributed by atoms with Crippen molar-refractivity contribution in [3.8, 4) is 0 Å². The van der Waals surface area contributed by atoms with Gasteiger partial charge in [0.2, 0.25) is 5.91 Å². The number of nitrogens with one attached hydrogen (secondary N) is 2. The lowest BCUT2D eigenvalue weighted by atomic mass is 9.93. The van der Waals surface area contributed by atoms with E-state index in [9.17, 15) is 4.79 Å². The molecule has 26 heavy (non-hydrogen) atoms. The van der Waals surface area contributed by atoms with Crippen molar-refractivity contribution < 1.29 is 4.79 Å². The smallest absolute Gasteiger partial charge is 0.220 e. The molecule has 0 saturated carbocycles. The van der Waals surface area contributed by atoms with E-state index in [1.165, 1.54) is 16.3 Å². The van der Waals surface area contributed by atoms with Gasteiger partial charge in [-0.15, -0.1) is 0 Å². The number of piperidine rings is 1. The minimum atomic E-state index is 0.141. The summed E-state index contributed by atoms with van der Waals surface area (Å²) in [7, 11) is 3.54. The Hall–Kier alpha value is -2.56. The lowest BCUT2D eigenvalue weighted by molar-refractivity contribution is -0.121. The Labute approximate surface area is 155 Å². The predicted octanol–water partition coefficient (Wildman–Crippen LogP) is 2.76. The molecule has 1 heterocycles. The fourth-order valence-corrected chi connectivity index (χ4v) is 3.67. The molecular formula is C21H28N4O. The van der Waals surface area contributed by atoms with Gasteiger partial charge in [0.05, 0.1) is 0 Å². The van der Waals surface area contributed by atoms with Gasteiger partial charge in [0.1, 0.15) is 0 Å². The van der Waals surface area contributed by atoms with Crippen LogP contribution in [0.15, 0.2) is 47.5 Å². The molecule has 0 bridgehead atoms. The minimum Gasteiger partial charge on any atom is -0.359 e. The zero-order chi connectivity index (χ0) is 18.4. The number of guanidine groups is 1. The molecule has 2 aromatic carbocycles. The Bertz CT molecular complexity index is 773. The molecule has 1 amide bonds. The summed E-state index contributed by atoms with van der Waals surface area (Å²) in [4.78, 5) is 18.3. The highest BCUT2D eigenvalue weighted by atomic mass is 16.1. The third-order valence-corrected chi connectivity index (χ3v) is 5.20. The van der Waals surface area contributed by atoms with E-state index >= 15 is 0 Å². The monoisotopic (exact) mass is 352 g/mol. The van der Waals surface area contributed by atoms with Crippen molar-refractivity contribution in [1.82, 2.24) is 15.5 Å². The predicted molar refractivity (Wildman–Crippen MR) is 107 cm³/mol. The second-order valence-electron chi connectivity index (χ2n) is 6.85. The Morgan fingerprint density at radius 3 is 2.62 bits per heavy atom. The van der Waals surface area contributed by atoms with Crippen LogP contribution < -0.4 is 10.6 Å². The number of hydrogen-bond donors (Lipinski definition) is 2. The Morgan fingerprint density at radius 1 is 1.15 bits per heavy atom. The molecule has 1 fully saturated rings. The molecule has 1 aliphatic rings. The van der Waals surface area contributed by atoms with Crippen molar-refractivity contribution in [2.24, 2.45) is 10.9 Å². The number of rotatable bonds is 4. The Balaban J connectivity index is 1.58. The molecule has 138 valence electrons. The van der Waals surface area contributed by atoms with Crippen LogP contribution in [0.2, 0.25) is 0 Å². The highest BCUT2D eigenvalue weighted by Crippen LogP contribution is 2.21. The topological polar surface area (TPSA) is 56.7 Å². The summed E-state index contributed by atoms with van der Waals surface area (Å²) in [5.74, 6) is 1.56. The van der Waals surface area contributed by atoms with Gasteiger partial charge in [-0.2, -0.15) is 0 Å². The molecule has 0 aromatic heterocycles. The molecular weight excluding hydrogens is 324 g/mol. The largest absolute Gasteiger partial charge is 0.359 e. The van der Waals surface area contributed by atoms with Crippen LogP contribution in [0.5, 0.6) is 0 Å². The van der Waals surface area contributed by atoms with Gasteiger partial charge in [0.25, 0.3) is 0 Å². The second-order valence-corrected chi connectivity index (χ2v) is 6.85. The molecule has 0 unspecified atom stereocenters. The van der Waals surface area contributed by atoms with Crippen molar-refractivity contribution in [1.29, 1.82) is 0 Å². The third kappa shape index (κ3) is 4.34. The third-order valence-electron chi connectivity index (χ3n) is 5.20. The zero-order valence-electron chi connectivity index (χ0n) is 15.7. The normalized spacial score (nSPS) is 15.9. The van der Waals surface area contributed by atoms with Crippen LogP contribution in [0.3, 0.4) is 0 Å². The molecule has 2 N–H and O–H groups in total. The quantitative estimate of drug-likeness (QED) is 0.657. The Kier molecular flexibility index (Phi) is 6.10. The maximum atomic E-state index is 11.6. The standard InChI is InChI=1S/C21H28N4O/c1-22-20(26)14-16-10-12-25(13-11-16)21(23-2)24-15-18-8-5-7-17-6-3-4-9-19(17)18/h3-9,16H,10-15H2,1-2H3,(H,22,26)(H,23,24). The van der Waals surface area contributed by atoms with Crippen molar-refractivity contribution in [2.45, 2.75) is 25.8 Å². The van der Waals surface area contributed by atoms with Crippen LogP contribution in [0, 0.1) is 5.92 Å². The number of amides is 1. The molecule has 2 aromatic rings. The number of aliphatic imine (C=N–C) groups is 1. The van der Waals surface area contributed by atoms with Gasteiger partial charge in [0.15, 0.2) is 5.96 Å². The first kappa shape index (κ1) is 18.2. The fourth-order valence-electron chi connectivity index (χ4n) is 3.67. The molecule has 5 nitrogen and oxygen atoms in total. The van der Waals surface area contributed by atoms with Crippen LogP contribution >= 0.6 is 0 Å². The molecule has 0 radical (unpaired) electrons. The number of carbonyl (C=O) groups is 1. The van der Waals surface area contributed by atoms with Gasteiger partial charge < -0.3 is 15.5 Å². The van der Waals surface area contributed by atoms with Crippen LogP contribution in [0.25, 0.3) is 10.8 Å². The first-order valence-corrected chi connectivity index (χ1v) is 9.34. The van der Waals surface area contributed by atoms with E-state index in [1.54, 1.807) is 7.05 Å². The maximum Gasteiger partial charge on any atom is 0.220 e. The summed E-state index contributed by atoms with van der Waals surface area (Å²) in [6.07, 6.45) is 2.69. The van der Waals surface area contributed by atoms with E-state index in [0.717, 1.165) is 38.4 Å². The molecule has 5 heteroatoms. The number of likely N-dealkylation sites (tertiary alicyclic amines) is 1. The number of fused-ring (bicyclic) bond motifs is 1. The molecule has 0 atom stereocenters. The van der Waals surface area contributed by atoms with Gasteiger partial charge in [-0.05, 0) is 35.1 Å². The molecule has 1 aliphatic heterocycles. The maximum absolute atomic E-state index is 11.6. The highest BCUT2D eigenvalue weighted by molar-refractivity contribution is 5.86. The van der Waals surface area contributed by atoms with Crippen molar-refractivity contribution >= 4 is 22.6 Å². The summed E-state index contributed by atoms with van der Waals surface area (Å²) < 4.78 is 0. The van der Waals surface area contributed by atoms with Gasteiger partial charge in [-0.3, -0.25) is 9.79 Å². The fraction of sp³-hybridized carbons (Fsp3) is 0.429. The summed E-state index contributed by atoms with van der Waals surface area (Å²) in [5.41, 5.74) is 1.28. The van der Waals surface area contributed by atoms with Crippen LogP contribution in [-0.4, -0.2) is 44.0 Å². The highest BCUT2D eigenvalue weighted by Gasteiger charge is 2.23. The van der Waals surface area contributed by atoms with E-state index in [0.29, 0.717) is 12.3 Å². The van der Waals surface area contributed by atoms with Crippen LogP contribution in [-0.2, 0) is 11.3 Å². The van der Waals surface area contributed by atoms with E-state index in [-0.39, 0.29) is 5.91 Å². The average Bonchev–Trinajstić information content (AvgIpc) is 2.69. The van der Waals surface area contributed by atoms with Gasteiger partial charge in [-0.25, -0.2) is 0 Å². The van der Waals surface area contributed by atoms with E-state index in [2.05, 4.69) is 63.0 Å². The van der Waals surface area contributed by atoms with E-state index in [4.69, 9.17) is 0 Å². The lowest BCUT2D eigenvalue weighted by Gasteiger charge is -2.34. The van der Waals surface area contributed by atoms with Crippen LogP contribution in [0.4, 0.5) is 0 Å². The zero-order valence-corrected chi connectivity index (χ0v) is 15.7. The van der Waals surface area contributed by atoms with Gasteiger partial charge >= 0.3 is 0 Å². The second kappa shape index (κ2) is 8.70. The molecule has 3 rings (SSSR count). The summed E-state index contributed by atoms with van der Waals surface area (Å²) in [6.45, 7) is 2.64. The molecule has 1 saturated heterocycles. The summed E-state index contributed by atoms with van der Waals surface area (Å²) in [5, 5.41) is 8.77. The van der Waals surface area contributed by atoms with Crippen molar-refractivity contribution in [3.63, 3.8) is 0 Å². The summed E-state index contributed by atoms with van der Waals surface area (Å²) >= 11 is 0. The van der Waals surface area contributed by atoms with Gasteiger partial charge in [-0.1, -0.05) is 42.5 Å². The average molecular weight is 352 g/mol. The SMILES string of the molecule is CN=C(NCc1cccc2ccccc12)N1CCC(CC(=O)NC)CC1. The number of nitrogens with zero attached hydrogens (tertiary/aromatic N) is 2. The summed E-state index contributed by atoms with van der Waals surface area (Å²) in [6, 6.07) is 14.9. The van der Waals surface area contributed by atoms with E-state index < -0.39 is 0 Å². The molecule has 0 aliphatic carbocycles. The van der Waals surface area contributed by atoms with E-state index in [1.807, 2.05) is 7.05 Å². The first-order chi connectivity index (χ1) is 12.7. The first-order valence-electron chi connectivity index (χ1n) is 9.34.